The smallest absolute Gasteiger partial charge is 0.269 e. The third kappa shape index (κ3) is 4.36. The Morgan fingerprint density at radius 2 is 1.67 bits per heavy atom. The number of rotatable bonds is 7. The summed E-state index contributed by atoms with van der Waals surface area (Å²) in [6.07, 6.45) is 1.65. The Labute approximate surface area is 190 Å². The number of fused-ring (bicyclic) bond motifs is 1. The Balaban J connectivity index is 1.53. The lowest BCUT2D eigenvalue weighted by Crippen LogP contribution is -1.99. The fourth-order valence-electron chi connectivity index (χ4n) is 3.49. The number of methoxy groups -OCH3 is 2. The van der Waals surface area contributed by atoms with Crippen LogP contribution in [0.2, 0.25) is 0 Å². The second kappa shape index (κ2) is 9.04. The maximum absolute atomic E-state index is 12.9. The molecule has 0 radical (unpaired) electrons. The predicted octanol–water partition coefficient (Wildman–Crippen LogP) is 5.12. The number of hydrogen-bond acceptors (Lipinski definition) is 7. The van der Waals surface area contributed by atoms with Crippen molar-refractivity contribution in [1.82, 2.24) is 0 Å². The molecule has 0 fully saturated rings. The highest BCUT2D eigenvalue weighted by Gasteiger charge is 2.30. The van der Waals surface area contributed by atoms with E-state index in [1.54, 1.807) is 62.8 Å². The summed E-state index contributed by atoms with van der Waals surface area (Å²) < 4.78 is 22.3. The molecule has 1 aliphatic rings. The third-order valence-corrected chi connectivity index (χ3v) is 5.28. The van der Waals surface area contributed by atoms with Gasteiger partial charge in [-0.2, -0.15) is 0 Å². The van der Waals surface area contributed by atoms with E-state index in [1.165, 1.54) is 12.1 Å². The van der Waals surface area contributed by atoms with Crippen LogP contribution in [0.15, 0.2) is 60.4 Å². The van der Waals surface area contributed by atoms with Crippen LogP contribution < -0.4 is 18.9 Å². The van der Waals surface area contributed by atoms with Gasteiger partial charge in [-0.05, 0) is 60.5 Å². The molecule has 0 atom stereocenters. The zero-order valence-electron chi connectivity index (χ0n) is 18.3. The van der Waals surface area contributed by atoms with Crippen molar-refractivity contribution in [2.24, 2.45) is 0 Å². The van der Waals surface area contributed by atoms with Gasteiger partial charge in [-0.25, -0.2) is 0 Å². The topological polar surface area (TPSA) is 97.1 Å². The first-order valence-corrected chi connectivity index (χ1v) is 10.1. The largest absolute Gasteiger partial charge is 0.493 e. The van der Waals surface area contributed by atoms with Crippen LogP contribution in [0.1, 0.15) is 27.0 Å². The molecule has 3 aromatic rings. The van der Waals surface area contributed by atoms with Gasteiger partial charge in [0.2, 0.25) is 5.78 Å². The maximum atomic E-state index is 12.9. The van der Waals surface area contributed by atoms with Crippen molar-refractivity contribution in [3.63, 3.8) is 0 Å². The highest BCUT2D eigenvalue weighted by atomic mass is 16.6. The second-order valence-corrected chi connectivity index (χ2v) is 7.33. The Kier molecular flexibility index (Phi) is 5.99. The molecule has 0 spiro atoms. The average Bonchev–Trinajstić information content (AvgIpc) is 3.14. The Morgan fingerprint density at radius 3 is 2.33 bits per heavy atom. The quantitative estimate of drug-likeness (QED) is 0.282. The lowest BCUT2D eigenvalue weighted by atomic mass is 10.1. The van der Waals surface area contributed by atoms with Crippen LogP contribution in [0.25, 0.3) is 6.08 Å². The number of carbonyl (C=O) groups excluding carboxylic acids is 1. The molecule has 0 aromatic heterocycles. The summed E-state index contributed by atoms with van der Waals surface area (Å²) in [4.78, 5) is 23.2. The summed E-state index contributed by atoms with van der Waals surface area (Å²) in [5.74, 6) is 2.14. The number of carbonyl (C=O) groups is 1. The molecule has 0 unspecified atom stereocenters. The van der Waals surface area contributed by atoms with Gasteiger partial charge in [0.05, 0.1) is 24.7 Å². The van der Waals surface area contributed by atoms with E-state index in [0.29, 0.717) is 34.1 Å². The minimum absolute atomic E-state index is 0.0215. The molecule has 8 heteroatoms. The second-order valence-electron chi connectivity index (χ2n) is 7.33. The van der Waals surface area contributed by atoms with E-state index in [0.717, 1.165) is 11.1 Å². The van der Waals surface area contributed by atoms with Crippen molar-refractivity contribution < 1.29 is 28.7 Å². The first kappa shape index (κ1) is 21.9. The summed E-state index contributed by atoms with van der Waals surface area (Å²) >= 11 is 0. The minimum atomic E-state index is -0.448. The standard InChI is InChI=1S/C25H21NO7/c1-15-20(32-14-16-4-7-18(8-5-16)26(28)29)11-9-19-24(27)23(33-25(15)19)13-17-6-10-21(30-2)22(12-17)31-3/h4-13H,14H2,1-3H3/b23-13-. The van der Waals surface area contributed by atoms with Gasteiger partial charge in [-0.3, -0.25) is 14.9 Å². The highest BCUT2D eigenvalue weighted by molar-refractivity contribution is 6.15. The summed E-state index contributed by atoms with van der Waals surface area (Å²) in [6, 6.07) is 14.9. The van der Waals surface area contributed by atoms with Crippen molar-refractivity contribution in [2.45, 2.75) is 13.5 Å². The highest BCUT2D eigenvalue weighted by Crippen LogP contribution is 2.40. The van der Waals surface area contributed by atoms with Crippen molar-refractivity contribution >= 4 is 17.5 Å². The molecule has 0 aliphatic carbocycles. The number of Topliss-reactive ketones (excluding diaryl/α,β-unsaturated/α-hetero) is 1. The van der Waals surface area contributed by atoms with Gasteiger partial charge in [0, 0.05) is 17.7 Å². The van der Waals surface area contributed by atoms with Gasteiger partial charge in [0.25, 0.3) is 5.69 Å². The summed E-state index contributed by atoms with van der Waals surface area (Å²) in [7, 11) is 3.10. The Morgan fingerprint density at radius 1 is 0.970 bits per heavy atom. The SMILES string of the molecule is COc1ccc(/C=C2\Oc3c(ccc(OCc4ccc([N+](=O)[O-])cc4)c3C)C2=O)cc1OC. The molecule has 168 valence electrons. The first-order chi connectivity index (χ1) is 15.9. The van der Waals surface area contributed by atoms with Crippen LogP contribution >= 0.6 is 0 Å². The molecule has 8 nitrogen and oxygen atoms in total. The summed E-state index contributed by atoms with van der Waals surface area (Å²) in [5.41, 5.74) is 2.69. The molecule has 0 saturated carbocycles. The normalized spacial score (nSPS) is 13.4. The van der Waals surface area contributed by atoms with E-state index in [-0.39, 0.29) is 23.8 Å². The molecule has 33 heavy (non-hydrogen) atoms. The number of nitrogens with zero attached hydrogens (tertiary/aromatic N) is 1. The zero-order chi connectivity index (χ0) is 23.5. The average molecular weight is 447 g/mol. The molecule has 0 saturated heterocycles. The molecule has 1 heterocycles. The lowest BCUT2D eigenvalue weighted by molar-refractivity contribution is -0.384. The minimum Gasteiger partial charge on any atom is -0.493 e. The van der Waals surface area contributed by atoms with Crippen LogP contribution in [-0.2, 0) is 6.61 Å². The van der Waals surface area contributed by atoms with E-state index in [4.69, 9.17) is 18.9 Å². The molecule has 0 amide bonds. The predicted molar refractivity (Wildman–Crippen MR) is 121 cm³/mol. The number of allylic oxidation sites excluding steroid dienone is 1. The molecule has 4 rings (SSSR count). The van der Waals surface area contributed by atoms with Crippen LogP contribution in [0.3, 0.4) is 0 Å². The van der Waals surface area contributed by atoms with Gasteiger partial charge in [0.15, 0.2) is 17.3 Å². The maximum Gasteiger partial charge on any atom is 0.269 e. The van der Waals surface area contributed by atoms with E-state index in [9.17, 15) is 14.9 Å². The number of nitro benzene ring substituents is 1. The molecular formula is C25H21NO7. The van der Waals surface area contributed by atoms with Gasteiger partial charge in [0.1, 0.15) is 18.1 Å². The van der Waals surface area contributed by atoms with Crippen LogP contribution in [0, 0.1) is 17.0 Å². The Bertz CT molecular complexity index is 1260. The number of nitro groups is 1. The van der Waals surface area contributed by atoms with Crippen LogP contribution in [0.4, 0.5) is 5.69 Å². The van der Waals surface area contributed by atoms with Crippen LogP contribution in [-0.4, -0.2) is 24.9 Å². The van der Waals surface area contributed by atoms with Gasteiger partial charge >= 0.3 is 0 Å². The molecule has 3 aromatic carbocycles. The summed E-state index contributed by atoms with van der Waals surface area (Å²) in [5, 5.41) is 10.8. The van der Waals surface area contributed by atoms with E-state index in [2.05, 4.69) is 0 Å². The molecule has 1 aliphatic heterocycles. The third-order valence-electron chi connectivity index (χ3n) is 5.28. The summed E-state index contributed by atoms with van der Waals surface area (Å²) in [6.45, 7) is 2.04. The number of hydrogen-bond donors (Lipinski definition) is 0. The first-order valence-electron chi connectivity index (χ1n) is 10.1. The number of benzene rings is 3. The van der Waals surface area contributed by atoms with Crippen molar-refractivity contribution in [2.75, 3.05) is 14.2 Å². The van der Waals surface area contributed by atoms with Crippen molar-refractivity contribution in [3.05, 3.63) is 92.7 Å². The molecule has 0 N–H and O–H groups in total. The van der Waals surface area contributed by atoms with Crippen molar-refractivity contribution in [1.29, 1.82) is 0 Å². The molecular weight excluding hydrogens is 426 g/mol. The zero-order valence-corrected chi connectivity index (χ0v) is 18.3. The van der Waals surface area contributed by atoms with Gasteiger partial charge in [-0.1, -0.05) is 6.07 Å². The van der Waals surface area contributed by atoms with E-state index < -0.39 is 4.92 Å². The van der Waals surface area contributed by atoms with Gasteiger partial charge in [-0.15, -0.1) is 0 Å². The Hall–Kier alpha value is -4.33. The lowest BCUT2D eigenvalue weighted by Gasteiger charge is -2.11. The fraction of sp³-hybridized carbons (Fsp3) is 0.160. The monoisotopic (exact) mass is 447 g/mol. The van der Waals surface area contributed by atoms with Crippen molar-refractivity contribution in [3.8, 4) is 23.0 Å². The fourth-order valence-corrected chi connectivity index (χ4v) is 3.49. The number of non-ortho nitro benzene ring substituents is 1. The number of ketones is 1. The van der Waals surface area contributed by atoms with E-state index >= 15 is 0 Å². The number of ether oxygens (including phenoxy) is 4. The van der Waals surface area contributed by atoms with Gasteiger partial charge < -0.3 is 18.9 Å². The van der Waals surface area contributed by atoms with Crippen LogP contribution in [0.5, 0.6) is 23.0 Å². The molecule has 0 bridgehead atoms. The van der Waals surface area contributed by atoms with E-state index in [1.807, 2.05) is 6.92 Å².